The summed E-state index contributed by atoms with van der Waals surface area (Å²) in [5.41, 5.74) is 4.02. The SMILES string of the molecule is CC(=O)c1cc2cc3c(cc2cc1N(Cc1ccccc1)Cc1ccccc1)OCO3. The minimum Gasteiger partial charge on any atom is -0.454 e. The Hall–Kier alpha value is -3.79. The molecule has 1 aliphatic rings. The number of hydrogen-bond acceptors (Lipinski definition) is 4. The molecule has 1 aliphatic heterocycles. The summed E-state index contributed by atoms with van der Waals surface area (Å²) in [6.07, 6.45) is 0. The van der Waals surface area contributed by atoms with Gasteiger partial charge in [0, 0.05) is 24.3 Å². The van der Waals surface area contributed by atoms with Crippen molar-refractivity contribution in [2.75, 3.05) is 11.7 Å². The largest absolute Gasteiger partial charge is 0.454 e. The molecule has 31 heavy (non-hydrogen) atoms. The van der Waals surface area contributed by atoms with Crippen LogP contribution in [0.3, 0.4) is 0 Å². The third-order valence-electron chi connectivity index (χ3n) is 5.60. The minimum absolute atomic E-state index is 0.0423. The summed E-state index contributed by atoms with van der Waals surface area (Å²) in [6, 6.07) is 28.7. The van der Waals surface area contributed by atoms with Crippen molar-refractivity contribution < 1.29 is 14.3 Å². The Morgan fingerprint density at radius 3 is 1.81 bits per heavy atom. The third-order valence-corrected chi connectivity index (χ3v) is 5.60. The number of carbonyl (C=O) groups excluding carboxylic acids is 1. The van der Waals surface area contributed by atoms with Gasteiger partial charge in [-0.3, -0.25) is 4.79 Å². The molecule has 4 heteroatoms. The molecule has 0 spiro atoms. The van der Waals surface area contributed by atoms with Crippen molar-refractivity contribution in [2.24, 2.45) is 0 Å². The second-order valence-corrected chi connectivity index (χ2v) is 7.81. The Morgan fingerprint density at radius 2 is 1.29 bits per heavy atom. The lowest BCUT2D eigenvalue weighted by molar-refractivity contribution is 0.101. The maximum atomic E-state index is 12.7. The molecule has 1 heterocycles. The first kappa shape index (κ1) is 19.2. The van der Waals surface area contributed by atoms with E-state index < -0.39 is 0 Å². The Bertz CT molecular complexity index is 1190. The monoisotopic (exact) mass is 409 g/mol. The maximum Gasteiger partial charge on any atom is 0.231 e. The van der Waals surface area contributed by atoms with Crippen molar-refractivity contribution in [1.29, 1.82) is 0 Å². The van der Waals surface area contributed by atoms with E-state index >= 15 is 0 Å². The van der Waals surface area contributed by atoms with E-state index in [4.69, 9.17) is 9.47 Å². The molecular weight excluding hydrogens is 386 g/mol. The van der Waals surface area contributed by atoms with Gasteiger partial charge in [0.05, 0.1) is 0 Å². The second kappa shape index (κ2) is 8.15. The van der Waals surface area contributed by atoms with Crippen LogP contribution in [0.5, 0.6) is 11.5 Å². The van der Waals surface area contributed by atoms with Gasteiger partial charge in [-0.1, -0.05) is 60.7 Å². The molecule has 4 nitrogen and oxygen atoms in total. The number of fused-ring (bicyclic) bond motifs is 2. The zero-order valence-electron chi connectivity index (χ0n) is 17.4. The van der Waals surface area contributed by atoms with Gasteiger partial charge in [0.15, 0.2) is 17.3 Å². The number of carbonyl (C=O) groups is 1. The van der Waals surface area contributed by atoms with Crippen LogP contribution in [0.2, 0.25) is 0 Å². The fourth-order valence-electron chi connectivity index (χ4n) is 4.06. The molecule has 0 radical (unpaired) electrons. The number of nitrogens with zero attached hydrogens (tertiary/aromatic N) is 1. The maximum absolute atomic E-state index is 12.7. The van der Waals surface area contributed by atoms with Gasteiger partial charge in [-0.25, -0.2) is 0 Å². The molecular formula is C27H23NO3. The third kappa shape index (κ3) is 3.97. The highest BCUT2D eigenvalue weighted by Gasteiger charge is 2.20. The number of anilines is 1. The topological polar surface area (TPSA) is 38.8 Å². The number of ketones is 1. The number of hydrogen-bond donors (Lipinski definition) is 0. The first-order valence-corrected chi connectivity index (χ1v) is 10.4. The van der Waals surface area contributed by atoms with Crippen LogP contribution in [0.4, 0.5) is 5.69 Å². The molecule has 0 saturated heterocycles. The Morgan fingerprint density at radius 1 is 0.774 bits per heavy atom. The van der Waals surface area contributed by atoms with E-state index in [0.29, 0.717) is 18.7 Å². The van der Waals surface area contributed by atoms with E-state index in [-0.39, 0.29) is 12.6 Å². The summed E-state index contributed by atoms with van der Waals surface area (Å²) in [5.74, 6) is 1.51. The van der Waals surface area contributed by atoms with E-state index in [0.717, 1.165) is 28.0 Å². The summed E-state index contributed by atoms with van der Waals surface area (Å²) >= 11 is 0. The zero-order chi connectivity index (χ0) is 21.2. The highest BCUT2D eigenvalue weighted by molar-refractivity contribution is 6.05. The minimum atomic E-state index is 0.0423. The summed E-state index contributed by atoms with van der Waals surface area (Å²) in [4.78, 5) is 14.9. The van der Waals surface area contributed by atoms with Crippen LogP contribution in [-0.4, -0.2) is 12.6 Å². The highest BCUT2D eigenvalue weighted by atomic mass is 16.7. The fourth-order valence-corrected chi connectivity index (χ4v) is 4.06. The van der Waals surface area contributed by atoms with Gasteiger partial charge < -0.3 is 14.4 Å². The van der Waals surface area contributed by atoms with Crippen molar-refractivity contribution in [3.63, 3.8) is 0 Å². The molecule has 4 aromatic rings. The average Bonchev–Trinajstić information content (AvgIpc) is 3.25. The van der Waals surface area contributed by atoms with Crippen LogP contribution < -0.4 is 14.4 Å². The van der Waals surface area contributed by atoms with Gasteiger partial charge in [-0.15, -0.1) is 0 Å². The van der Waals surface area contributed by atoms with Crippen LogP contribution in [0.15, 0.2) is 84.9 Å². The number of rotatable bonds is 6. The van der Waals surface area contributed by atoms with Gasteiger partial charge in [0.2, 0.25) is 6.79 Å². The molecule has 154 valence electrons. The first-order valence-electron chi connectivity index (χ1n) is 10.4. The summed E-state index contributed by atoms with van der Waals surface area (Å²) in [6.45, 7) is 3.26. The lowest BCUT2D eigenvalue weighted by Crippen LogP contribution is -2.24. The quantitative estimate of drug-likeness (QED) is 0.367. The van der Waals surface area contributed by atoms with Crippen LogP contribution in [0.25, 0.3) is 10.8 Å². The summed E-state index contributed by atoms with van der Waals surface area (Å²) in [5, 5.41) is 1.99. The molecule has 0 saturated carbocycles. The van der Waals surface area contributed by atoms with Gasteiger partial charge in [-0.05, 0) is 53.1 Å². The predicted molar refractivity (Wildman–Crippen MR) is 123 cm³/mol. The molecule has 0 aliphatic carbocycles. The van der Waals surface area contributed by atoms with Crippen molar-refractivity contribution >= 4 is 22.2 Å². The smallest absolute Gasteiger partial charge is 0.231 e. The van der Waals surface area contributed by atoms with E-state index in [1.165, 1.54) is 11.1 Å². The molecule has 0 bridgehead atoms. The summed E-state index contributed by atoms with van der Waals surface area (Å²) < 4.78 is 11.1. The first-order chi connectivity index (χ1) is 15.2. The molecule has 5 rings (SSSR count). The van der Waals surface area contributed by atoms with Gasteiger partial charge in [0.1, 0.15) is 0 Å². The fraction of sp³-hybridized carbons (Fsp3) is 0.148. The van der Waals surface area contributed by atoms with Crippen LogP contribution in [-0.2, 0) is 13.1 Å². The average molecular weight is 409 g/mol. The van der Waals surface area contributed by atoms with E-state index in [2.05, 4.69) is 35.2 Å². The van der Waals surface area contributed by atoms with Gasteiger partial charge in [-0.2, -0.15) is 0 Å². The number of Topliss-reactive ketones (excluding diaryl/α,β-unsaturated/α-hetero) is 1. The van der Waals surface area contributed by atoms with Crippen LogP contribution >= 0.6 is 0 Å². The Balaban J connectivity index is 1.64. The second-order valence-electron chi connectivity index (χ2n) is 7.81. The summed E-state index contributed by atoms with van der Waals surface area (Å²) in [7, 11) is 0. The van der Waals surface area contributed by atoms with E-state index in [9.17, 15) is 4.79 Å². The highest BCUT2D eigenvalue weighted by Crippen LogP contribution is 2.39. The van der Waals surface area contributed by atoms with Gasteiger partial charge in [0.25, 0.3) is 0 Å². The van der Waals surface area contributed by atoms with Crippen molar-refractivity contribution in [3.05, 3.63) is 102 Å². The normalized spacial score (nSPS) is 12.2. The number of ether oxygens (including phenoxy) is 2. The van der Waals surface area contributed by atoms with Crippen molar-refractivity contribution in [2.45, 2.75) is 20.0 Å². The molecule has 0 atom stereocenters. The molecule has 0 N–H and O–H groups in total. The molecule has 0 aromatic heterocycles. The molecule has 4 aromatic carbocycles. The lowest BCUT2D eigenvalue weighted by atomic mass is 10.00. The van der Waals surface area contributed by atoms with Crippen molar-refractivity contribution in [3.8, 4) is 11.5 Å². The van der Waals surface area contributed by atoms with Crippen molar-refractivity contribution in [1.82, 2.24) is 0 Å². The lowest BCUT2D eigenvalue weighted by Gasteiger charge is -2.28. The molecule has 0 fully saturated rings. The Kier molecular flexibility index (Phi) is 5.04. The standard InChI is InChI=1S/C27H23NO3/c1-19(29)24-12-22-14-26-27(31-18-30-26)15-23(22)13-25(24)28(16-20-8-4-2-5-9-20)17-21-10-6-3-7-11-21/h2-15H,16-18H2,1H3. The van der Waals surface area contributed by atoms with Gasteiger partial charge >= 0.3 is 0 Å². The number of benzene rings is 4. The Labute approximate surface area is 181 Å². The predicted octanol–water partition coefficient (Wildman–Crippen LogP) is 5.98. The van der Waals surface area contributed by atoms with Crippen LogP contribution in [0, 0.1) is 0 Å². The van der Waals surface area contributed by atoms with Crippen LogP contribution in [0.1, 0.15) is 28.4 Å². The van der Waals surface area contributed by atoms with E-state index in [1.54, 1.807) is 6.92 Å². The zero-order valence-corrected chi connectivity index (χ0v) is 17.4. The van der Waals surface area contributed by atoms with E-state index in [1.807, 2.05) is 54.6 Å². The molecule has 0 unspecified atom stereocenters. The molecule has 0 amide bonds.